The Bertz CT molecular complexity index is 375. The number of anilines is 1. The van der Waals surface area contributed by atoms with Crippen molar-refractivity contribution in [3.8, 4) is 0 Å². The maximum absolute atomic E-state index is 3.71. The molecule has 2 rings (SSSR count). The summed E-state index contributed by atoms with van der Waals surface area (Å²) >= 11 is 0. The van der Waals surface area contributed by atoms with Gasteiger partial charge in [-0.05, 0) is 68.7 Å². The van der Waals surface area contributed by atoms with E-state index < -0.39 is 0 Å². The average Bonchev–Trinajstić information content (AvgIpc) is 2.37. The maximum Gasteiger partial charge on any atom is 0.0345 e. The van der Waals surface area contributed by atoms with Crippen LogP contribution in [0.5, 0.6) is 0 Å². The molecule has 0 atom stereocenters. The fraction of sp³-hybridized carbons (Fsp3) is 0.647. The second-order valence-corrected chi connectivity index (χ2v) is 5.95. The summed E-state index contributed by atoms with van der Waals surface area (Å²) in [5.41, 5.74) is 4.07. The third kappa shape index (κ3) is 3.51. The Morgan fingerprint density at radius 3 is 2.39 bits per heavy atom. The molecule has 0 heterocycles. The number of hydrogen-bond acceptors (Lipinski definition) is 1. The molecule has 0 radical (unpaired) electrons. The lowest BCUT2D eigenvalue weighted by molar-refractivity contribution is 0.319. The van der Waals surface area contributed by atoms with E-state index >= 15 is 0 Å². The SMILES string of the molecule is CCCC1CCC(Nc2ccc(C)c(C)c2)CC1. The Kier molecular flexibility index (Phi) is 4.68. The summed E-state index contributed by atoms with van der Waals surface area (Å²) in [4.78, 5) is 0. The first kappa shape index (κ1) is 13.5. The molecule has 1 fully saturated rings. The normalized spacial score (nSPS) is 23.9. The van der Waals surface area contributed by atoms with Gasteiger partial charge in [-0.25, -0.2) is 0 Å². The zero-order valence-corrected chi connectivity index (χ0v) is 12.1. The van der Waals surface area contributed by atoms with Gasteiger partial charge in [0.25, 0.3) is 0 Å². The zero-order chi connectivity index (χ0) is 13.0. The van der Waals surface area contributed by atoms with Crippen molar-refractivity contribution >= 4 is 5.69 Å². The Morgan fingerprint density at radius 1 is 1.06 bits per heavy atom. The molecule has 1 heteroatoms. The van der Waals surface area contributed by atoms with E-state index in [-0.39, 0.29) is 0 Å². The van der Waals surface area contributed by atoms with E-state index in [1.165, 1.54) is 55.3 Å². The van der Waals surface area contributed by atoms with Crippen LogP contribution < -0.4 is 5.32 Å². The number of benzene rings is 1. The topological polar surface area (TPSA) is 12.0 Å². The molecule has 1 saturated carbocycles. The minimum atomic E-state index is 0.695. The number of nitrogens with one attached hydrogen (secondary N) is 1. The van der Waals surface area contributed by atoms with Crippen molar-refractivity contribution in [3.63, 3.8) is 0 Å². The summed E-state index contributed by atoms with van der Waals surface area (Å²) < 4.78 is 0. The smallest absolute Gasteiger partial charge is 0.0345 e. The molecule has 0 aliphatic heterocycles. The van der Waals surface area contributed by atoms with Gasteiger partial charge in [0.05, 0.1) is 0 Å². The molecule has 1 nitrogen and oxygen atoms in total. The average molecular weight is 245 g/mol. The summed E-state index contributed by atoms with van der Waals surface area (Å²) in [6, 6.07) is 7.43. The van der Waals surface area contributed by atoms with Crippen LogP contribution in [0.4, 0.5) is 5.69 Å². The zero-order valence-electron chi connectivity index (χ0n) is 12.1. The van der Waals surface area contributed by atoms with E-state index in [0.717, 1.165) is 5.92 Å². The first-order chi connectivity index (χ1) is 8.69. The summed E-state index contributed by atoms with van der Waals surface area (Å²) in [7, 11) is 0. The van der Waals surface area contributed by atoms with Gasteiger partial charge in [-0.15, -0.1) is 0 Å². The van der Waals surface area contributed by atoms with Crippen LogP contribution in [0.25, 0.3) is 0 Å². The van der Waals surface area contributed by atoms with Gasteiger partial charge in [0.15, 0.2) is 0 Å². The van der Waals surface area contributed by atoms with Crippen LogP contribution >= 0.6 is 0 Å². The van der Waals surface area contributed by atoms with Gasteiger partial charge in [0.1, 0.15) is 0 Å². The van der Waals surface area contributed by atoms with Crippen LogP contribution in [0.2, 0.25) is 0 Å². The Hall–Kier alpha value is -0.980. The van der Waals surface area contributed by atoms with E-state index in [9.17, 15) is 0 Å². The fourth-order valence-corrected chi connectivity index (χ4v) is 3.07. The van der Waals surface area contributed by atoms with Gasteiger partial charge in [-0.2, -0.15) is 0 Å². The van der Waals surface area contributed by atoms with Gasteiger partial charge < -0.3 is 5.32 Å². The van der Waals surface area contributed by atoms with Crippen molar-refractivity contribution in [2.45, 2.75) is 65.3 Å². The van der Waals surface area contributed by atoms with Crippen LogP contribution in [0.3, 0.4) is 0 Å². The number of hydrogen-bond donors (Lipinski definition) is 1. The molecule has 18 heavy (non-hydrogen) atoms. The highest BCUT2D eigenvalue weighted by Crippen LogP contribution is 2.29. The first-order valence-corrected chi connectivity index (χ1v) is 7.53. The van der Waals surface area contributed by atoms with Crippen molar-refractivity contribution < 1.29 is 0 Å². The molecular weight excluding hydrogens is 218 g/mol. The third-order valence-corrected chi connectivity index (χ3v) is 4.42. The molecule has 1 aliphatic carbocycles. The Labute approximate surface area is 112 Å². The van der Waals surface area contributed by atoms with Crippen LogP contribution in [-0.2, 0) is 0 Å². The van der Waals surface area contributed by atoms with Gasteiger partial charge >= 0.3 is 0 Å². The maximum atomic E-state index is 3.71. The molecule has 0 spiro atoms. The molecule has 100 valence electrons. The third-order valence-electron chi connectivity index (χ3n) is 4.42. The van der Waals surface area contributed by atoms with Crippen LogP contribution in [0.15, 0.2) is 18.2 Å². The predicted molar refractivity (Wildman–Crippen MR) is 80.2 cm³/mol. The van der Waals surface area contributed by atoms with Crippen LogP contribution in [0.1, 0.15) is 56.6 Å². The molecule has 1 aromatic carbocycles. The summed E-state index contributed by atoms with van der Waals surface area (Å²) in [5, 5.41) is 3.71. The van der Waals surface area contributed by atoms with Crippen molar-refractivity contribution in [3.05, 3.63) is 29.3 Å². The molecule has 1 aromatic rings. The lowest BCUT2D eigenvalue weighted by Crippen LogP contribution is -2.26. The fourth-order valence-electron chi connectivity index (χ4n) is 3.07. The van der Waals surface area contributed by atoms with E-state index in [1.54, 1.807) is 0 Å². The molecular formula is C17H27N. The molecule has 0 bridgehead atoms. The quantitative estimate of drug-likeness (QED) is 0.780. The highest BCUT2D eigenvalue weighted by Gasteiger charge is 2.20. The summed E-state index contributed by atoms with van der Waals surface area (Å²) in [6.45, 7) is 6.67. The van der Waals surface area contributed by atoms with Crippen LogP contribution in [-0.4, -0.2) is 6.04 Å². The molecule has 0 amide bonds. The van der Waals surface area contributed by atoms with Crippen molar-refractivity contribution in [1.82, 2.24) is 0 Å². The second kappa shape index (κ2) is 6.26. The van der Waals surface area contributed by atoms with Gasteiger partial charge in [-0.3, -0.25) is 0 Å². The standard InChI is InChI=1S/C17H27N/c1-4-5-15-7-10-16(11-8-15)18-17-9-6-13(2)14(3)12-17/h6,9,12,15-16,18H,4-5,7-8,10-11H2,1-3H3. The largest absolute Gasteiger partial charge is 0.382 e. The molecule has 0 saturated heterocycles. The highest BCUT2D eigenvalue weighted by molar-refractivity contribution is 5.48. The van der Waals surface area contributed by atoms with Gasteiger partial charge in [0.2, 0.25) is 0 Å². The predicted octanol–water partition coefficient (Wildman–Crippen LogP) is 5.07. The molecule has 1 aliphatic rings. The van der Waals surface area contributed by atoms with E-state index in [4.69, 9.17) is 0 Å². The molecule has 0 unspecified atom stereocenters. The van der Waals surface area contributed by atoms with Crippen molar-refractivity contribution in [2.24, 2.45) is 5.92 Å². The monoisotopic (exact) mass is 245 g/mol. The van der Waals surface area contributed by atoms with E-state index in [2.05, 4.69) is 44.3 Å². The summed E-state index contributed by atoms with van der Waals surface area (Å²) in [6.07, 6.45) is 8.29. The Morgan fingerprint density at radius 2 is 1.78 bits per heavy atom. The van der Waals surface area contributed by atoms with Crippen molar-refractivity contribution in [1.29, 1.82) is 0 Å². The van der Waals surface area contributed by atoms with Gasteiger partial charge in [-0.1, -0.05) is 25.8 Å². The highest BCUT2D eigenvalue weighted by atomic mass is 14.9. The number of aryl methyl sites for hydroxylation is 2. The lowest BCUT2D eigenvalue weighted by atomic mass is 9.83. The van der Waals surface area contributed by atoms with Gasteiger partial charge in [0, 0.05) is 11.7 Å². The van der Waals surface area contributed by atoms with E-state index in [1.807, 2.05) is 0 Å². The minimum Gasteiger partial charge on any atom is -0.382 e. The second-order valence-electron chi connectivity index (χ2n) is 5.95. The minimum absolute atomic E-state index is 0.695. The lowest BCUT2D eigenvalue weighted by Gasteiger charge is -2.29. The molecule has 1 N–H and O–H groups in total. The first-order valence-electron chi connectivity index (χ1n) is 7.53. The van der Waals surface area contributed by atoms with Crippen molar-refractivity contribution in [2.75, 3.05) is 5.32 Å². The van der Waals surface area contributed by atoms with E-state index in [0.29, 0.717) is 6.04 Å². The summed E-state index contributed by atoms with van der Waals surface area (Å²) in [5.74, 6) is 0.993. The van der Waals surface area contributed by atoms with Crippen LogP contribution in [0, 0.1) is 19.8 Å². The number of rotatable bonds is 4. The Balaban J connectivity index is 1.85. The molecule has 0 aromatic heterocycles.